The van der Waals surface area contributed by atoms with E-state index in [2.05, 4.69) is 20.3 Å². The molecule has 1 saturated carbocycles. The van der Waals surface area contributed by atoms with Crippen molar-refractivity contribution in [2.24, 2.45) is 5.92 Å². The molecule has 0 unspecified atom stereocenters. The highest BCUT2D eigenvalue weighted by Gasteiger charge is 2.22. The first-order chi connectivity index (χ1) is 13.3. The fourth-order valence-corrected chi connectivity index (χ4v) is 2.95. The van der Waals surface area contributed by atoms with Crippen LogP contribution in [0.3, 0.4) is 0 Å². The third-order valence-corrected chi connectivity index (χ3v) is 4.58. The Bertz CT molecular complexity index is 1030. The van der Waals surface area contributed by atoms with Crippen LogP contribution in [0.1, 0.15) is 33.6 Å². The van der Waals surface area contributed by atoms with Gasteiger partial charge in [0.1, 0.15) is 5.82 Å². The van der Waals surface area contributed by atoms with Crippen molar-refractivity contribution in [1.29, 1.82) is 0 Å². The van der Waals surface area contributed by atoms with Crippen LogP contribution in [-0.2, 0) is 0 Å². The van der Waals surface area contributed by atoms with Gasteiger partial charge in [0, 0.05) is 23.5 Å². The third kappa shape index (κ3) is 3.93. The van der Waals surface area contributed by atoms with Crippen LogP contribution in [0.25, 0.3) is 22.0 Å². The van der Waals surface area contributed by atoms with Crippen LogP contribution in [-0.4, -0.2) is 32.2 Å². The topological polar surface area (TPSA) is 106 Å². The normalized spacial score (nSPS) is 14.2. The number of fused-ring (bicyclic) bond motifs is 1. The van der Waals surface area contributed by atoms with Crippen LogP contribution >= 0.6 is 0 Å². The average molecular weight is 379 g/mol. The Morgan fingerprint density at radius 2 is 2.00 bits per heavy atom. The molecule has 0 aliphatic heterocycles. The number of phenols is 1. The number of benzene rings is 1. The molecule has 1 fully saturated rings. The lowest BCUT2D eigenvalue weighted by molar-refractivity contribution is 0.284. The van der Waals surface area contributed by atoms with Crippen molar-refractivity contribution in [3.63, 3.8) is 0 Å². The molecule has 4 N–H and O–H groups in total. The van der Waals surface area contributed by atoms with Crippen molar-refractivity contribution in [2.45, 2.75) is 39.2 Å². The molecule has 7 heteroatoms. The number of nitrogens with two attached hydrogens (primary N) is 1. The van der Waals surface area contributed by atoms with Gasteiger partial charge in [-0.2, -0.15) is 0 Å². The molecule has 0 amide bonds. The molecule has 0 saturated heterocycles. The smallest absolute Gasteiger partial charge is 0.223 e. The molecule has 28 heavy (non-hydrogen) atoms. The minimum absolute atomic E-state index is 0.102. The summed E-state index contributed by atoms with van der Waals surface area (Å²) in [6.45, 7) is 6.77. The summed E-state index contributed by atoms with van der Waals surface area (Å²) in [5.41, 5.74) is 8.09. The fourth-order valence-electron chi connectivity index (χ4n) is 2.95. The van der Waals surface area contributed by atoms with Gasteiger partial charge in [-0.3, -0.25) is 0 Å². The number of ether oxygens (including phenoxy) is 1. The monoisotopic (exact) mass is 379 g/mol. The standard InChI is InChI=1S/C21H25N5O2/c1-21(2,3)26-20-24-10-15-18(25-20)14(9-23-19(15)22)13-6-7-17(16(27)8-13)28-11-12-4-5-12/h6-10,12,27H,4-5,11H2,1-3H3,(H2,22,23)(H,24,25,26). The van der Waals surface area contributed by atoms with Gasteiger partial charge in [0.2, 0.25) is 5.95 Å². The Kier molecular flexibility index (Phi) is 4.45. The van der Waals surface area contributed by atoms with E-state index in [1.54, 1.807) is 24.5 Å². The summed E-state index contributed by atoms with van der Waals surface area (Å²) in [5, 5.41) is 14.3. The van der Waals surface area contributed by atoms with Crippen LogP contribution in [0.5, 0.6) is 11.5 Å². The zero-order chi connectivity index (χ0) is 19.9. The predicted octanol–water partition coefficient (Wildman–Crippen LogP) is 3.98. The van der Waals surface area contributed by atoms with Crippen molar-refractivity contribution >= 4 is 22.7 Å². The average Bonchev–Trinajstić information content (AvgIpc) is 3.44. The summed E-state index contributed by atoms with van der Waals surface area (Å²) in [6.07, 6.45) is 5.75. The van der Waals surface area contributed by atoms with Gasteiger partial charge in [0.25, 0.3) is 0 Å². The van der Waals surface area contributed by atoms with E-state index in [0.29, 0.717) is 40.9 Å². The number of phenolic OH excluding ortho intramolecular Hbond substituents is 1. The van der Waals surface area contributed by atoms with E-state index in [1.807, 2.05) is 26.8 Å². The Balaban J connectivity index is 1.73. The minimum atomic E-state index is -0.175. The summed E-state index contributed by atoms with van der Waals surface area (Å²) in [7, 11) is 0. The number of rotatable bonds is 5. The first-order valence-corrected chi connectivity index (χ1v) is 9.46. The van der Waals surface area contributed by atoms with Crippen LogP contribution in [0.15, 0.2) is 30.6 Å². The Hall–Kier alpha value is -3.09. The van der Waals surface area contributed by atoms with Crippen molar-refractivity contribution in [3.8, 4) is 22.6 Å². The van der Waals surface area contributed by atoms with Gasteiger partial charge in [-0.05, 0) is 57.2 Å². The van der Waals surface area contributed by atoms with Gasteiger partial charge >= 0.3 is 0 Å². The Morgan fingerprint density at radius 3 is 2.68 bits per heavy atom. The van der Waals surface area contributed by atoms with Crippen LogP contribution in [0.4, 0.5) is 11.8 Å². The predicted molar refractivity (Wildman–Crippen MR) is 110 cm³/mol. The van der Waals surface area contributed by atoms with E-state index in [1.165, 1.54) is 12.8 Å². The number of nitrogens with one attached hydrogen (secondary N) is 1. The number of aromatic hydroxyl groups is 1. The quantitative estimate of drug-likeness (QED) is 0.615. The SMILES string of the molecule is CC(C)(C)Nc1ncc2c(N)ncc(-c3ccc(OCC4CC4)c(O)c3)c2n1. The number of aromatic nitrogens is 3. The van der Waals surface area contributed by atoms with Gasteiger partial charge in [0.05, 0.1) is 17.5 Å². The molecule has 3 aromatic rings. The van der Waals surface area contributed by atoms with Crippen LogP contribution in [0, 0.1) is 5.92 Å². The number of nitrogens with zero attached hydrogens (tertiary/aromatic N) is 3. The number of hydrogen-bond donors (Lipinski definition) is 3. The molecule has 1 aliphatic rings. The number of nitrogen functional groups attached to an aromatic ring is 1. The van der Waals surface area contributed by atoms with E-state index in [-0.39, 0.29) is 11.3 Å². The largest absolute Gasteiger partial charge is 0.504 e. The molecule has 1 aliphatic carbocycles. The van der Waals surface area contributed by atoms with Crippen molar-refractivity contribution < 1.29 is 9.84 Å². The summed E-state index contributed by atoms with van der Waals surface area (Å²) < 4.78 is 5.71. The second-order valence-electron chi connectivity index (χ2n) is 8.32. The van der Waals surface area contributed by atoms with Crippen LogP contribution in [0.2, 0.25) is 0 Å². The number of pyridine rings is 1. The maximum Gasteiger partial charge on any atom is 0.223 e. The van der Waals surface area contributed by atoms with Gasteiger partial charge in [-0.25, -0.2) is 15.0 Å². The maximum atomic E-state index is 10.4. The van der Waals surface area contributed by atoms with Gasteiger partial charge in [-0.15, -0.1) is 0 Å². The van der Waals surface area contributed by atoms with Gasteiger partial charge < -0.3 is 20.9 Å². The Labute approximate surface area is 164 Å². The Morgan fingerprint density at radius 1 is 1.21 bits per heavy atom. The molecule has 2 aromatic heterocycles. The molecule has 146 valence electrons. The second kappa shape index (κ2) is 6.82. The molecule has 0 bridgehead atoms. The molecule has 0 atom stereocenters. The van der Waals surface area contributed by atoms with Crippen molar-refractivity contribution in [2.75, 3.05) is 17.7 Å². The lowest BCUT2D eigenvalue weighted by Crippen LogP contribution is -2.27. The first kappa shape index (κ1) is 18.3. The minimum Gasteiger partial charge on any atom is -0.504 e. The molecule has 0 radical (unpaired) electrons. The van der Waals surface area contributed by atoms with Crippen molar-refractivity contribution in [1.82, 2.24) is 15.0 Å². The summed E-state index contributed by atoms with van der Waals surface area (Å²) in [6, 6.07) is 5.35. The fraction of sp³-hybridized carbons (Fsp3) is 0.381. The zero-order valence-electron chi connectivity index (χ0n) is 16.4. The highest BCUT2D eigenvalue weighted by atomic mass is 16.5. The lowest BCUT2D eigenvalue weighted by atomic mass is 10.0. The summed E-state index contributed by atoms with van der Waals surface area (Å²) in [4.78, 5) is 13.3. The van der Waals surface area contributed by atoms with Gasteiger partial charge in [0.15, 0.2) is 11.5 Å². The molecule has 0 spiro atoms. The van der Waals surface area contributed by atoms with E-state index in [4.69, 9.17) is 10.5 Å². The van der Waals surface area contributed by atoms with Crippen LogP contribution < -0.4 is 15.8 Å². The van der Waals surface area contributed by atoms with E-state index in [0.717, 1.165) is 11.1 Å². The molecule has 7 nitrogen and oxygen atoms in total. The van der Waals surface area contributed by atoms with E-state index in [9.17, 15) is 5.11 Å². The summed E-state index contributed by atoms with van der Waals surface area (Å²) in [5.74, 6) is 2.10. The summed E-state index contributed by atoms with van der Waals surface area (Å²) >= 11 is 0. The van der Waals surface area contributed by atoms with Crippen molar-refractivity contribution in [3.05, 3.63) is 30.6 Å². The lowest BCUT2D eigenvalue weighted by Gasteiger charge is -2.20. The van der Waals surface area contributed by atoms with Gasteiger partial charge in [-0.1, -0.05) is 6.07 Å². The third-order valence-electron chi connectivity index (χ3n) is 4.58. The highest BCUT2D eigenvalue weighted by Crippen LogP contribution is 2.37. The molecule has 1 aromatic carbocycles. The van der Waals surface area contributed by atoms with E-state index >= 15 is 0 Å². The molecule has 2 heterocycles. The molecular weight excluding hydrogens is 354 g/mol. The zero-order valence-corrected chi connectivity index (χ0v) is 16.4. The van der Waals surface area contributed by atoms with E-state index < -0.39 is 0 Å². The second-order valence-corrected chi connectivity index (χ2v) is 8.32. The number of hydrogen-bond acceptors (Lipinski definition) is 7. The number of anilines is 2. The highest BCUT2D eigenvalue weighted by molar-refractivity contribution is 5.98. The maximum absolute atomic E-state index is 10.4. The molecule has 4 rings (SSSR count). The molecular formula is C21H25N5O2. The first-order valence-electron chi connectivity index (χ1n) is 9.46.